The molecular formula is C28H24N6O2. The Morgan fingerprint density at radius 1 is 0.972 bits per heavy atom. The number of nitriles is 1. The summed E-state index contributed by atoms with van der Waals surface area (Å²) in [6.45, 7) is 2.38. The molecule has 8 nitrogen and oxygen atoms in total. The van der Waals surface area contributed by atoms with Gasteiger partial charge in [-0.15, -0.1) is 0 Å². The van der Waals surface area contributed by atoms with Crippen LogP contribution >= 0.6 is 0 Å². The van der Waals surface area contributed by atoms with Crippen molar-refractivity contribution in [3.05, 3.63) is 107 Å². The lowest BCUT2D eigenvalue weighted by Gasteiger charge is -2.35. The molecule has 1 amide bonds. The highest BCUT2D eigenvalue weighted by Gasteiger charge is 2.62. The summed E-state index contributed by atoms with van der Waals surface area (Å²) >= 11 is 0. The monoisotopic (exact) mass is 476 g/mol. The van der Waals surface area contributed by atoms with Crippen molar-refractivity contribution in [3.8, 4) is 6.07 Å². The second kappa shape index (κ2) is 8.70. The Morgan fingerprint density at radius 2 is 1.56 bits per heavy atom. The van der Waals surface area contributed by atoms with Crippen molar-refractivity contribution < 1.29 is 9.59 Å². The number of hydrogen-bond donors (Lipinski definition) is 1. The molecule has 1 aromatic carbocycles. The Kier molecular flexibility index (Phi) is 5.35. The quantitative estimate of drug-likeness (QED) is 0.331. The third-order valence-corrected chi connectivity index (χ3v) is 7.74. The number of nitrogens with one attached hydrogen (secondary N) is 1. The summed E-state index contributed by atoms with van der Waals surface area (Å²) in [5.41, 5.74) is 1.95. The van der Waals surface area contributed by atoms with Gasteiger partial charge in [0.25, 0.3) is 0 Å². The lowest BCUT2D eigenvalue weighted by molar-refractivity contribution is -0.119. The summed E-state index contributed by atoms with van der Waals surface area (Å²) in [6.07, 6.45) is 9.31. The summed E-state index contributed by atoms with van der Waals surface area (Å²) in [4.78, 5) is 38.6. The van der Waals surface area contributed by atoms with Crippen molar-refractivity contribution in [2.75, 3.05) is 19.6 Å². The van der Waals surface area contributed by atoms with Gasteiger partial charge >= 0.3 is 0 Å². The van der Waals surface area contributed by atoms with E-state index in [1.165, 1.54) is 0 Å². The van der Waals surface area contributed by atoms with Crippen molar-refractivity contribution >= 4 is 12.2 Å². The first kappa shape index (κ1) is 22.1. The predicted octanol–water partition coefficient (Wildman–Crippen LogP) is 2.31. The number of rotatable bonds is 6. The van der Waals surface area contributed by atoms with Crippen LogP contribution in [0.1, 0.15) is 27.0 Å². The van der Waals surface area contributed by atoms with Gasteiger partial charge in [0.15, 0.2) is 5.78 Å². The van der Waals surface area contributed by atoms with Crippen LogP contribution in [0.3, 0.4) is 0 Å². The maximum absolute atomic E-state index is 13.4. The Labute approximate surface area is 208 Å². The van der Waals surface area contributed by atoms with E-state index in [0.717, 1.165) is 30.6 Å². The highest BCUT2D eigenvalue weighted by Crippen LogP contribution is 2.53. The summed E-state index contributed by atoms with van der Waals surface area (Å²) in [5, 5.41) is 12.5. The minimum Gasteiger partial charge on any atom is -0.351 e. The van der Waals surface area contributed by atoms with Crippen molar-refractivity contribution in [1.82, 2.24) is 25.1 Å². The number of hydrogen-bond acceptors (Lipinski definition) is 7. The molecule has 2 aliphatic heterocycles. The summed E-state index contributed by atoms with van der Waals surface area (Å²) in [7, 11) is 0. The summed E-state index contributed by atoms with van der Waals surface area (Å²) in [5.74, 6) is 1.35. The maximum atomic E-state index is 13.4. The minimum atomic E-state index is -0.839. The molecule has 6 rings (SSSR count). The van der Waals surface area contributed by atoms with Crippen molar-refractivity contribution in [2.24, 2.45) is 11.8 Å². The third kappa shape index (κ3) is 3.40. The Morgan fingerprint density at radius 3 is 2.08 bits per heavy atom. The van der Waals surface area contributed by atoms with Gasteiger partial charge in [-0.2, -0.15) is 5.26 Å². The molecule has 3 aromatic rings. The molecule has 0 bridgehead atoms. The first-order valence-electron chi connectivity index (χ1n) is 12.0. The van der Waals surface area contributed by atoms with Crippen LogP contribution in [0.2, 0.25) is 0 Å². The number of benzene rings is 1. The molecule has 0 radical (unpaired) electrons. The fourth-order valence-electron chi connectivity index (χ4n) is 5.93. The van der Waals surface area contributed by atoms with Gasteiger partial charge in [0.1, 0.15) is 11.4 Å². The lowest BCUT2D eigenvalue weighted by atomic mass is 9.83. The van der Waals surface area contributed by atoms with E-state index in [-0.39, 0.29) is 11.8 Å². The van der Waals surface area contributed by atoms with Crippen LogP contribution in [0.25, 0.3) is 0 Å². The lowest BCUT2D eigenvalue weighted by Crippen LogP contribution is -2.43. The molecule has 1 unspecified atom stereocenters. The number of ketones is 1. The highest BCUT2D eigenvalue weighted by molar-refractivity contribution is 6.05. The third-order valence-electron chi connectivity index (χ3n) is 7.74. The average Bonchev–Trinajstić information content (AvgIpc) is 3.25. The molecule has 1 aliphatic carbocycles. The number of aromatic nitrogens is 2. The SMILES string of the molecule is N#Cc1ccc(C(=O)C=C2N(C3[C@H]4CNC[C@@H]34)CC(c3ccncc3)(c3ccncc3)N2C=O)cc1. The van der Waals surface area contributed by atoms with E-state index < -0.39 is 5.54 Å². The topological polar surface area (TPSA) is 102 Å². The number of fused-ring (bicyclic) bond motifs is 1. The predicted molar refractivity (Wildman–Crippen MR) is 131 cm³/mol. The molecule has 0 spiro atoms. The van der Waals surface area contributed by atoms with Gasteiger partial charge in [0, 0.05) is 55.6 Å². The molecule has 1 N–H and O–H groups in total. The first-order chi connectivity index (χ1) is 17.7. The molecule has 1 saturated carbocycles. The van der Waals surface area contributed by atoms with E-state index in [1.807, 2.05) is 24.3 Å². The van der Waals surface area contributed by atoms with Gasteiger partial charge in [-0.3, -0.25) is 24.5 Å². The number of amides is 1. The molecule has 3 atom stereocenters. The van der Waals surface area contributed by atoms with Gasteiger partial charge in [-0.05, 0) is 71.5 Å². The molecule has 8 heteroatoms. The molecule has 2 saturated heterocycles. The van der Waals surface area contributed by atoms with Gasteiger partial charge < -0.3 is 10.2 Å². The molecule has 3 aliphatic rings. The van der Waals surface area contributed by atoms with Crippen LogP contribution < -0.4 is 5.32 Å². The minimum absolute atomic E-state index is 0.212. The number of nitrogens with zero attached hydrogens (tertiary/aromatic N) is 5. The van der Waals surface area contributed by atoms with E-state index in [1.54, 1.807) is 60.0 Å². The van der Waals surface area contributed by atoms with Crippen LogP contribution in [0.15, 0.2) is 85.2 Å². The normalized spacial score (nSPS) is 24.9. The second-order valence-corrected chi connectivity index (χ2v) is 9.47. The van der Waals surface area contributed by atoms with Crippen molar-refractivity contribution in [3.63, 3.8) is 0 Å². The van der Waals surface area contributed by atoms with Gasteiger partial charge in [0.05, 0.1) is 18.2 Å². The zero-order chi connectivity index (χ0) is 24.7. The number of carbonyl (C=O) groups is 2. The van der Waals surface area contributed by atoms with Crippen LogP contribution in [-0.4, -0.2) is 57.6 Å². The van der Waals surface area contributed by atoms with Gasteiger partial charge in [-0.1, -0.05) is 0 Å². The van der Waals surface area contributed by atoms with E-state index in [0.29, 0.717) is 35.3 Å². The number of allylic oxidation sites excluding steroid dienone is 1. The summed E-state index contributed by atoms with van der Waals surface area (Å²) < 4.78 is 0. The van der Waals surface area contributed by atoms with Gasteiger partial charge in [0.2, 0.25) is 6.41 Å². The van der Waals surface area contributed by atoms with Crippen LogP contribution in [0, 0.1) is 23.2 Å². The van der Waals surface area contributed by atoms with Gasteiger partial charge in [-0.25, -0.2) is 0 Å². The van der Waals surface area contributed by atoms with Crippen LogP contribution in [0.5, 0.6) is 0 Å². The van der Waals surface area contributed by atoms with Crippen molar-refractivity contribution in [1.29, 1.82) is 5.26 Å². The smallest absolute Gasteiger partial charge is 0.216 e. The number of piperidine rings is 1. The fraction of sp³-hybridized carbons (Fsp3) is 0.250. The maximum Gasteiger partial charge on any atom is 0.216 e. The Bertz CT molecular complexity index is 1320. The molecular weight excluding hydrogens is 452 g/mol. The van der Waals surface area contributed by atoms with E-state index in [2.05, 4.69) is 26.3 Å². The Hall–Kier alpha value is -4.35. The van der Waals surface area contributed by atoms with E-state index >= 15 is 0 Å². The fourth-order valence-corrected chi connectivity index (χ4v) is 5.93. The highest BCUT2D eigenvalue weighted by atomic mass is 16.1. The van der Waals surface area contributed by atoms with Crippen LogP contribution in [0.4, 0.5) is 0 Å². The standard InChI is InChI=1S/C28H24N6O2/c29-14-19-1-3-20(4-2-19)25(36)13-26-33(27-23-15-32-16-24(23)27)17-28(34(26)18-35,21-5-9-30-10-6-21)22-7-11-31-12-8-22/h1-13,18,23-24,27,32H,15-17H2/t23-,24+,27?. The molecule has 4 heterocycles. The van der Waals surface area contributed by atoms with Crippen LogP contribution in [-0.2, 0) is 10.3 Å². The molecule has 178 valence electrons. The molecule has 3 fully saturated rings. The largest absolute Gasteiger partial charge is 0.351 e. The first-order valence-corrected chi connectivity index (χ1v) is 12.0. The zero-order valence-electron chi connectivity index (χ0n) is 19.5. The average molecular weight is 477 g/mol. The van der Waals surface area contributed by atoms with E-state index in [4.69, 9.17) is 5.26 Å². The molecule has 36 heavy (non-hydrogen) atoms. The van der Waals surface area contributed by atoms with Crippen molar-refractivity contribution in [2.45, 2.75) is 11.6 Å². The van der Waals surface area contributed by atoms with E-state index in [9.17, 15) is 9.59 Å². The second-order valence-electron chi connectivity index (χ2n) is 9.47. The Balaban J connectivity index is 1.50. The number of pyridine rings is 2. The summed E-state index contributed by atoms with van der Waals surface area (Å²) in [6, 6.07) is 16.6. The zero-order valence-corrected chi connectivity index (χ0v) is 19.5. The number of carbonyl (C=O) groups excluding carboxylic acids is 2. The molecule has 2 aromatic heterocycles.